The Morgan fingerprint density at radius 3 is 2.58 bits per heavy atom. The van der Waals surface area contributed by atoms with Crippen molar-refractivity contribution in [3.63, 3.8) is 0 Å². The average Bonchev–Trinajstić information content (AvgIpc) is 3.04. The molecule has 142 valence electrons. The lowest BCUT2D eigenvalue weighted by molar-refractivity contribution is 0.355. The van der Waals surface area contributed by atoms with Gasteiger partial charge in [-0.25, -0.2) is 14.6 Å². The third kappa shape index (κ3) is 3.08. The Morgan fingerprint density at radius 2 is 1.92 bits per heavy atom. The average molecular weight is 357 g/mol. The molecule has 1 aliphatic carbocycles. The number of rotatable bonds is 6. The Balaban J connectivity index is 1.75. The van der Waals surface area contributed by atoms with E-state index in [9.17, 15) is 0 Å². The van der Waals surface area contributed by atoms with Crippen LogP contribution in [-0.4, -0.2) is 38.9 Å². The number of nitrogens with zero attached hydrogens (tertiary/aromatic N) is 5. The summed E-state index contributed by atoms with van der Waals surface area (Å²) in [4.78, 5) is 11.8. The molecule has 1 unspecified atom stereocenters. The molecule has 2 aliphatic rings. The van der Waals surface area contributed by atoms with Crippen molar-refractivity contribution in [2.45, 2.75) is 65.5 Å². The number of hydrogen-bond donors (Lipinski definition) is 1. The molecule has 26 heavy (non-hydrogen) atoms. The number of aromatic nitrogens is 4. The molecule has 0 amide bonds. The van der Waals surface area contributed by atoms with Crippen molar-refractivity contribution >= 4 is 16.9 Å². The zero-order valence-electron chi connectivity index (χ0n) is 16.4. The second-order valence-corrected chi connectivity index (χ2v) is 8.60. The van der Waals surface area contributed by atoms with Gasteiger partial charge in [-0.3, -0.25) is 0 Å². The molecule has 0 radical (unpaired) electrons. The first-order chi connectivity index (χ1) is 12.6. The van der Waals surface area contributed by atoms with E-state index in [0.29, 0.717) is 23.8 Å². The number of unbranched alkanes of at least 4 members (excludes halogenated alkanes) is 1. The molecule has 2 aromatic heterocycles. The second kappa shape index (κ2) is 7.14. The second-order valence-electron chi connectivity index (χ2n) is 8.60. The van der Waals surface area contributed by atoms with Crippen LogP contribution < -0.4 is 10.6 Å². The number of fused-ring (bicyclic) bond motifs is 3. The molecule has 2 fully saturated rings. The van der Waals surface area contributed by atoms with Crippen molar-refractivity contribution in [1.29, 1.82) is 0 Å². The fourth-order valence-corrected chi connectivity index (χ4v) is 4.73. The first-order valence-electron chi connectivity index (χ1n) is 10.3. The van der Waals surface area contributed by atoms with Gasteiger partial charge in [0.1, 0.15) is 12.1 Å². The van der Waals surface area contributed by atoms with Crippen LogP contribution in [0.5, 0.6) is 0 Å². The highest BCUT2D eigenvalue weighted by Crippen LogP contribution is 2.39. The summed E-state index contributed by atoms with van der Waals surface area (Å²) in [5.74, 6) is 2.84. The molecule has 1 saturated carbocycles. The zero-order chi connectivity index (χ0) is 18.3. The SMILES string of the molecule is CCCCn1nc(CC(C)C)c2c(N3C[C@H]4CC[C@@H](C3)C4N)ncnc21. The quantitative estimate of drug-likeness (QED) is 0.861. The minimum Gasteiger partial charge on any atom is -0.355 e. The Labute approximate surface area is 156 Å². The van der Waals surface area contributed by atoms with Gasteiger partial charge in [0, 0.05) is 25.7 Å². The molecule has 2 bridgehead atoms. The van der Waals surface area contributed by atoms with Crippen LogP contribution in [-0.2, 0) is 13.0 Å². The number of hydrogen-bond acceptors (Lipinski definition) is 5. The molecule has 6 nitrogen and oxygen atoms in total. The highest BCUT2D eigenvalue weighted by molar-refractivity contribution is 5.90. The summed E-state index contributed by atoms with van der Waals surface area (Å²) in [6.45, 7) is 9.68. The van der Waals surface area contributed by atoms with E-state index in [4.69, 9.17) is 15.8 Å². The number of anilines is 1. The van der Waals surface area contributed by atoms with Gasteiger partial charge in [-0.05, 0) is 43.4 Å². The molecule has 1 aliphatic heterocycles. The predicted molar refractivity (Wildman–Crippen MR) is 105 cm³/mol. The van der Waals surface area contributed by atoms with Gasteiger partial charge in [0.2, 0.25) is 0 Å². The summed E-state index contributed by atoms with van der Waals surface area (Å²) >= 11 is 0. The lowest BCUT2D eigenvalue weighted by Gasteiger charge is -2.37. The van der Waals surface area contributed by atoms with Crippen LogP contribution >= 0.6 is 0 Å². The van der Waals surface area contributed by atoms with E-state index in [1.165, 1.54) is 18.2 Å². The molecular formula is C20H32N6. The maximum absolute atomic E-state index is 6.42. The monoisotopic (exact) mass is 356 g/mol. The van der Waals surface area contributed by atoms with E-state index >= 15 is 0 Å². The molecule has 0 spiro atoms. The van der Waals surface area contributed by atoms with Crippen molar-refractivity contribution in [2.75, 3.05) is 18.0 Å². The Hall–Kier alpha value is -1.69. The van der Waals surface area contributed by atoms with E-state index in [1.54, 1.807) is 6.33 Å². The maximum atomic E-state index is 6.42. The van der Waals surface area contributed by atoms with Gasteiger partial charge in [-0.2, -0.15) is 5.10 Å². The third-order valence-corrected chi connectivity index (χ3v) is 6.11. The van der Waals surface area contributed by atoms with Gasteiger partial charge in [0.25, 0.3) is 0 Å². The molecule has 2 aromatic rings. The van der Waals surface area contributed by atoms with Crippen molar-refractivity contribution in [1.82, 2.24) is 19.7 Å². The lowest BCUT2D eigenvalue weighted by atomic mass is 9.93. The fraction of sp³-hybridized carbons (Fsp3) is 0.750. The topological polar surface area (TPSA) is 72.9 Å². The van der Waals surface area contributed by atoms with Gasteiger partial charge >= 0.3 is 0 Å². The van der Waals surface area contributed by atoms with Crippen LogP contribution in [0.3, 0.4) is 0 Å². The molecule has 2 N–H and O–H groups in total. The summed E-state index contributed by atoms with van der Waals surface area (Å²) in [6, 6.07) is 0.367. The van der Waals surface area contributed by atoms with Crippen LogP contribution in [0.15, 0.2) is 6.33 Å². The van der Waals surface area contributed by atoms with E-state index in [0.717, 1.165) is 56.1 Å². The van der Waals surface area contributed by atoms with Crippen LogP contribution in [0.4, 0.5) is 5.82 Å². The molecule has 4 rings (SSSR count). The summed E-state index contributed by atoms with van der Waals surface area (Å²) in [5, 5.41) is 6.13. The lowest BCUT2D eigenvalue weighted by Crippen LogP contribution is -2.49. The van der Waals surface area contributed by atoms with Crippen LogP contribution in [0, 0.1) is 17.8 Å². The van der Waals surface area contributed by atoms with Crippen molar-refractivity contribution < 1.29 is 0 Å². The normalized spacial score (nSPS) is 25.6. The molecule has 3 heterocycles. The van der Waals surface area contributed by atoms with Crippen LogP contribution in [0.25, 0.3) is 11.0 Å². The third-order valence-electron chi connectivity index (χ3n) is 6.11. The van der Waals surface area contributed by atoms with Crippen molar-refractivity contribution in [2.24, 2.45) is 23.5 Å². The largest absolute Gasteiger partial charge is 0.355 e. The highest BCUT2D eigenvalue weighted by Gasteiger charge is 2.40. The van der Waals surface area contributed by atoms with Gasteiger partial charge in [0.15, 0.2) is 5.65 Å². The van der Waals surface area contributed by atoms with Crippen LogP contribution in [0.2, 0.25) is 0 Å². The number of nitrogens with two attached hydrogens (primary N) is 1. The Kier molecular flexibility index (Phi) is 4.86. The smallest absolute Gasteiger partial charge is 0.163 e. The van der Waals surface area contributed by atoms with Crippen molar-refractivity contribution in [3.8, 4) is 0 Å². The molecule has 3 atom stereocenters. The molecule has 1 saturated heterocycles. The number of piperidine rings is 1. The first-order valence-corrected chi connectivity index (χ1v) is 10.3. The first kappa shape index (κ1) is 17.7. The Bertz CT molecular complexity index is 753. The predicted octanol–water partition coefficient (Wildman–Crippen LogP) is 3.00. The number of aryl methyl sites for hydroxylation is 1. The maximum Gasteiger partial charge on any atom is 0.163 e. The summed E-state index contributed by atoms with van der Waals surface area (Å²) in [5.41, 5.74) is 8.57. The Morgan fingerprint density at radius 1 is 1.19 bits per heavy atom. The van der Waals surface area contributed by atoms with Gasteiger partial charge in [0.05, 0.1) is 11.1 Å². The van der Waals surface area contributed by atoms with E-state index in [-0.39, 0.29) is 0 Å². The summed E-state index contributed by atoms with van der Waals surface area (Å²) in [7, 11) is 0. The van der Waals surface area contributed by atoms with E-state index in [2.05, 4.69) is 35.3 Å². The molecule has 6 heteroatoms. The van der Waals surface area contributed by atoms with E-state index in [1.807, 2.05) is 0 Å². The van der Waals surface area contributed by atoms with Gasteiger partial charge in [-0.1, -0.05) is 27.2 Å². The van der Waals surface area contributed by atoms with Gasteiger partial charge in [-0.15, -0.1) is 0 Å². The minimum absolute atomic E-state index is 0.367. The summed E-state index contributed by atoms with van der Waals surface area (Å²) < 4.78 is 2.10. The summed E-state index contributed by atoms with van der Waals surface area (Å²) in [6.07, 6.45) is 7.48. The van der Waals surface area contributed by atoms with Crippen LogP contribution in [0.1, 0.15) is 52.1 Å². The van der Waals surface area contributed by atoms with E-state index < -0.39 is 0 Å². The van der Waals surface area contributed by atoms with Gasteiger partial charge < -0.3 is 10.6 Å². The molecule has 0 aromatic carbocycles. The zero-order valence-corrected chi connectivity index (χ0v) is 16.4. The fourth-order valence-electron chi connectivity index (χ4n) is 4.73. The molecular weight excluding hydrogens is 324 g/mol. The van der Waals surface area contributed by atoms with Crippen molar-refractivity contribution in [3.05, 3.63) is 12.0 Å². The highest BCUT2D eigenvalue weighted by atomic mass is 15.3. The minimum atomic E-state index is 0.367. The standard InChI is InChI=1S/C20H32N6/c1-4-5-8-26-20-17(16(24-26)9-13(2)3)19(22-12-23-20)25-10-14-6-7-15(11-25)18(14)21/h12-15,18H,4-11,21H2,1-3H3/t14-,15+,18?.